The molecule has 0 radical (unpaired) electrons. The highest BCUT2D eigenvalue weighted by molar-refractivity contribution is 5.99. The standard InChI is InChI=1S/C17H21NO6/c1-22-12-9-11(10-13-14(12)24-8-7-23-13)15(19)18-17(16(20)21)5-3-2-4-6-17/h9-10H,2-8H2,1H3,(H,18,19)(H,20,21). The molecular weight excluding hydrogens is 314 g/mol. The third kappa shape index (κ3) is 2.98. The lowest BCUT2D eigenvalue weighted by molar-refractivity contribution is -0.145. The van der Waals surface area contributed by atoms with Gasteiger partial charge in [0.1, 0.15) is 18.8 Å². The summed E-state index contributed by atoms with van der Waals surface area (Å²) in [5.74, 6) is -0.148. The Balaban J connectivity index is 1.88. The largest absolute Gasteiger partial charge is 0.493 e. The van der Waals surface area contributed by atoms with Crippen LogP contribution in [0, 0.1) is 0 Å². The van der Waals surface area contributed by atoms with Gasteiger partial charge in [-0.25, -0.2) is 4.79 Å². The lowest BCUT2D eigenvalue weighted by Gasteiger charge is -2.34. The van der Waals surface area contributed by atoms with Gasteiger partial charge in [0, 0.05) is 5.56 Å². The molecule has 0 saturated heterocycles. The van der Waals surface area contributed by atoms with E-state index in [0.29, 0.717) is 48.9 Å². The minimum Gasteiger partial charge on any atom is -0.493 e. The van der Waals surface area contributed by atoms with Crippen LogP contribution in [-0.2, 0) is 4.79 Å². The van der Waals surface area contributed by atoms with Crippen LogP contribution in [0.2, 0.25) is 0 Å². The number of rotatable bonds is 4. The molecule has 7 nitrogen and oxygen atoms in total. The Morgan fingerprint density at radius 1 is 1.17 bits per heavy atom. The van der Waals surface area contributed by atoms with Gasteiger partial charge < -0.3 is 24.6 Å². The van der Waals surface area contributed by atoms with Crippen LogP contribution in [0.5, 0.6) is 17.2 Å². The van der Waals surface area contributed by atoms with E-state index >= 15 is 0 Å². The molecule has 1 fully saturated rings. The number of hydrogen-bond acceptors (Lipinski definition) is 5. The first kappa shape index (κ1) is 16.4. The molecule has 2 N–H and O–H groups in total. The summed E-state index contributed by atoms with van der Waals surface area (Å²) in [4.78, 5) is 24.4. The molecule has 2 aliphatic rings. The van der Waals surface area contributed by atoms with E-state index in [9.17, 15) is 14.7 Å². The Labute approximate surface area is 139 Å². The van der Waals surface area contributed by atoms with Gasteiger partial charge in [0.05, 0.1) is 7.11 Å². The highest BCUT2D eigenvalue weighted by Crippen LogP contribution is 2.40. The zero-order chi connectivity index (χ0) is 17.2. The summed E-state index contributed by atoms with van der Waals surface area (Å²) in [6.45, 7) is 0.803. The fraction of sp³-hybridized carbons (Fsp3) is 0.529. The van der Waals surface area contributed by atoms with Crippen molar-refractivity contribution in [1.29, 1.82) is 0 Å². The Morgan fingerprint density at radius 2 is 1.88 bits per heavy atom. The van der Waals surface area contributed by atoms with Crippen LogP contribution in [0.3, 0.4) is 0 Å². The minimum absolute atomic E-state index is 0.294. The van der Waals surface area contributed by atoms with Crippen LogP contribution in [0.15, 0.2) is 12.1 Å². The van der Waals surface area contributed by atoms with Gasteiger partial charge in [-0.3, -0.25) is 4.79 Å². The van der Waals surface area contributed by atoms with Crippen LogP contribution < -0.4 is 19.5 Å². The second kappa shape index (κ2) is 6.59. The summed E-state index contributed by atoms with van der Waals surface area (Å²) < 4.78 is 16.3. The molecule has 1 saturated carbocycles. The molecule has 1 aliphatic carbocycles. The number of fused-ring (bicyclic) bond motifs is 1. The van der Waals surface area contributed by atoms with Gasteiger partial charge in [0.15, 0.2) is 11.5 Å². The number of carbonyl (C=O) groups excluding carboxylic acids is 1. The number of carboxylic acid groups (broad SMARTS) is 1. The van der Waals surface area contributed by atoms with E-state index in [0.717, 1.165) is 19.3 Å². The van der Waals surface area contributed by atoms with Crippen LogP contribution >= 0.6 is 0 Å². The Kier molecular flexibility index (Phi) is 4.51. The number of methoxy groups -OCH3 is 1. The first-order chi connectivity index (χ1) is 11.6. The molecular formula is C17H21NO6. The average Bonchev–Trinajstić information content (AvgIpc) is 2.61. The third-order valence-electron chi connectivity index (χ3n) is 4.56. The van der Waals surface area contributed by atoms with Gasteiger partial charge in [-0.1, -0.05) is 19.3 Å². The van der Waals surface area contributed by atoms with Crippen LogP contribution in [0.1, 0.15) is 42.5 Å². The lowest BCUT2D eigenvalue weighted by Crippen LogP contribution is -2.55. The molecule has 0 spiro atoms. The number of nitrogens with one attached hydrogen (secondary N) is 1. The highest BCUT2D eigenvalue weighted by Gasteiger charge is 2.41. The summed E-state index contributed by atoms with van der Waals surface area (Å²) in [7, 11) is 1.48. The molecule has 24 heavy (non-hydrogen) atoms. The summed E-state index contributed by atoms with van der Waals surface area (Å²) in [6, 6.07) is 3.10. The molecule has 0 bridgehead atoms. The van der Waals surface area contributed by atoms with E-state index in [1.165, 1.54) is 7.11 Å². The van der Waals surface area contributed by atoms with Gasteiger partial charge in [0.25, 0.3) is 5.91 Å². The topological polar surface area (TPSA) is 94.1 Å². The lowest BCUT2D eigenvalue weighted by atomic mass is 9.81. The normalized spacial score (nSPS) is 18.5. The van der Waals surface area contributed by atoms with Crippen molar-refractivity contribution in [3.05, 3.63) is 17.7 Å². The maximum Gasteiger partial charge on any atom is 0.329 e. The van der Waals surface area contributed by atoms with Crippen molar-refractivity contribution in [1.82, 2.24) is 5.32 Å². The van der Waals surface area contributed by atoms with Crippen LogP contribution in [0.25, 0.3) is 0 Å². The van der Waals surface area contributed by atoms with Crippen molar-refractivity contribution in [2.24, 2.45) is 0 Å². The van der Waals surface area contributed by atoms with E-state index in [2.05, 4.69) is 5.32 Å². The van der Waals surface area contributed by atoms with E-state index < -0.39 is 17.4 Å². The second-order valence-electron chi connectivity index (χ2n) is 6.10. The number of aliphatic carboxylic acids is 1. The first-order valence-corrected chi connectivity index (χ1v) is 8.09. The van der Waals surface area contributed by atoms with Crippen LogP contribution in [0.4, 0.5) is 0 Å². The molecule has 0 unspecified atom stereocenters. The fourth-order valence-corrected chi connectivity index (χ4v) is 3.24. The fourth-order valence-electron chi connectivity index (χ4n) is 3.24. The summed E-state index contributed by atoms with van der Waals surface area (Å²) >= 11 is 0. The first-order valence-electron chi connectivity index (χ1n) is 8.09. The third-order valence-corrected chi connectivity index (χ3v) is 4.56. The van der Waals surface area contributed by atoms with Gasteiger partial charge in [-0.05, 0) is 25.0 Å². The highest BCUT2D eigenvalue weighted by atomic mass is 16.6. The zero-order valence-corrected chi connectivity index (χ0v) is 13.6. The van der Waals surface area contributed by atoms with Crippen molar-refractivity contribution < 1.29 is 28.9 Å². The molecule has 3 rings (SSSR count). The van der Waals surface area contributed by atoms with E-state index in [4.69, 9.17) is 14.2 Å². The Bertz CT molecular complexity index is 633. The molecule has 1 aliphatic heterocycles. The van der Waals surface area contributed by atoms with Crippen molar-refractivity contribution in [3.8, 4) is 17.2 Å². The van der Waals surface area contributed by atoms with Gasteiger partial charge >= 0.3 is 5.97 Å². The summed E-state index contributed by atoms with van der Waals surface area (Å²) in [5.41, 5.74) is -0.905. The number of benzene rings is 1. The molecule has 0 aromatic heterocycles. The van der Waals surface area contributed by atoms with Gasteiger partial charge in [-0.2, -0.15) is 0 Å². The number of carbonyl (C=O) groups is 2. The SMILES string of the molecule is COc1cc(C(=O)NC2(C(=O)O)CCCCC2)cc2c1OCCO2. The zero-order valence-electron chi connectivity index (χ0n) is 13.6. The average molecular weight is 335 g/mol. The van der Waals surface area contributed by atoms with Crippen molar-refractivity contribution in [3.63, 3.8) is 0 Å². The molecule has 1 heterocycles. The predicted octanol–water partition coefficient (Wildman–Crippen LogP) is 1.98. The van der Waals surface area contributed by atoms with Gasteiger partial charge in [-0.15, -0.1) is 0 Å². The molecule has 1 aromatic carbocycles. The van der Waals surface area contributed by atoms with E-state index in [1.807, 2.05) is 0 Å². The van der Waals surface area contributed by atoms with Gasteiger partial charge in [0.2, 0.25) is 5.75 Å². The molecule has 130 valence electrons. The van der Waals surface area contributed by atoms with Crippen molar-refractivity contribution in [2.45, 2.75) is 37.6 Å². The number of hydrogen-bond donors (Lipinski definition) is 2. The monoisotopic (exact) mass is 335 g/mol. The molecule has 0 atom stereocenters. The van der Waals surface area contributed by atoms with Crippen LogP contribution in [-0.4, -0.2) is 42.8 Å². The number of ether oxygens (including phenoxy) is 3. The smallest absolute Gasteiger partial charge is 0.329 e. The Morgan fingerprint density at radius 3 is 2.54 bits per heavy atom. The summed E-state index contributed by atoms with van der Waals surface area (Å²) in [6.07, 6.45) is 3.45. The van der Waals surface area contributed by atoms with E-state index in [-0.39, 0.29) is 0 Å². The summed E-state index contributed by atoms with van der Waals surface area (Å²) in [5, 5.41) is 12.3. The minimum atomic E-state index is -1.20. The van der Waals surface area contributed by atoms with E-state index in [1.54, 1.807) is 12.1 Å². The Hall–Kier alpha value is -2.44. The maximum atomic E-state index is 12.7. The van der Waals surface area contributed by atoms with Crippen molar-refractivity contribution in [2.75, 3.05) is 20.3 Å². The number of carboxylic acids is 1. The number of amides is 1. The quantitative estimate of drug-likeness (QED) is 0.874. The predicted molar refractivity (Wildman–Crippen MR) is 84.9 cm³/mol. The second-order valence-corrected chi connectivity index (χ2v) is 6.10. The maximum absolute atomic E-state index is 12.7. The molecule has 1 aromatic rings. The van der Waals surface area contributed by atoms with Crippen molar-refractivity contribution >= 4 is 11.9 Å². The molecule has 1 amide bonds. The molecule has 7 heteroatoms.